The SMILES string of the molecule is Clc1ccc(C(CC2CCCCC2)C2CCCCC2)cc1. The van der Waals surface area contributed by atoms with Crippen molar-refractivity contribution in [3.05, 3.63) is 34.9 Å². The summed E-state index contributed by atoms with van der Waals surface area (Å²) in [6.45, 7) is 0. The van der Waals surface area contributed by atoms with E-state index < -0.39 is 0 Å². The van der Waals surface area contributed by atoms with Crippen molar-refractivity contribution in [1.82, 2.24) is 0 Å². The smallest absolute Gasteiger partial charge is 0.0406 e. The molecule has 0 aliphatic heterocycles. The lowest BCUT2D eigenvalue weighted by atomic mass is 9.71. The Kier molecular flexibility index (Phi) is 5.63. The molecule has 0 N–H and O–H groups in total. The Hall–Kier alpha value is -0.490. The third-order valence-electron chi connectivity index (χ3n) is 5.83. The molecule has 2 saturated carbocycles. The van der Waals surface area contributed by atoms with Crippen LogP contribution < -0.4 is 0 Å². The van der Waals surface area contributed by atoms with Crippen LogP contribution in [0, 0.1) is 11.8 Å². The lowest BCUT2D eigenvalue weighted by Gasteiger charge is -2.34. The summed E-state index contributed by atoms with van der Waals surface area (Å²) in [7, 11) is 0. The van der Waals surface area contributed by atoms with Gasteiger partial charge in [-0.05, 0) is 54.7 Å². The average molecular weight is 305 g/mol. The van der Waals surface area contributed by atoms with Gasteiger partial charge in [0.15, 0.2) is 0 Å². The molecular formula is C20H29Cl. The molecule has 0 bridgehead atoms. The molecule has 2 aliphatic rings. The van der Waals surface area contributed by atoms with Gasteiger partial charge in [0.25, 0.3) is 0 Å². The maximum atomic E-state index is 6.09. The summed E-state index contributed by atoms with van der Waals surface area (Å²) >= 11 is 6.09. The fourth-order valence-electron chi connectivity index (χ4n) is 4.63. The Bertz CT molecular complexity index is 410. The molecule has 0 saturated heterocycles. The van der Waals surface area contributed by atoms with Gasteiger partial charge in [0.1, 0.15) is 0 Å². The van der Waals surface area contributed by atoms with E-state index in [0.29, 0.717) is 0 Å². The maximum absolute atomic E-state index is 6.09. The largest absolute Gasteiger partial charge is 0.0843 e. The summed E-state index contributed by atoms with van der Waals surface area (Å²) < 4.78 is 0. The maximum Gasteiger partial charge on any atom is 0.0406 e. The van der Waals surface area contributed by atoms with Gasteiger partial charge in [0.2, 0.25) is 0 Å². The van der Waals surface area contributed by atoms with E-state index >= 15 is 0 Å². The highest BCUT2D eigenvalue weighted by Gasteiger charge is 2.28. The standard InChI is InChI=1S/C20H29Cl/c21-19-13-11-18(12-14-19)20(17-9-5-2-6-10-17)15-16-7-3-1-4-8-16/h11-14,16-17,20H,1-10,15H2. The molecule has 1 unspecified atom stereocenters. The molecule has 21 heavy (non-hydrogen) atoms. The van der Waals surface area contributed by atoms with E-state index in [-0.39, 0.29) is 0 Å². The van der Waals surface area contributed by atoms with Gasteiger partial charge in [0, 0.05) is 5.02 Å². The van der Waals surface area contributed by atoms with E-state index in [2.05, 4.69) is 24.3 Å². The predicted molar refractivity (Wildman–Crippen MR) is 92.0 cm³/mol. The molecule has 3 rings (SSSR count). The van der Waals surface area contributed by atoms with Gasteiger partial charge < -0.3 is 0 Å². The number of hydrogen-bond donors (Lipinski definition) is 0. The van der Waals surface area contributed by atoms with Crippen molar-refractivity contribution in [2.24, 2.45) is 11.8 Å². The summed E-state index contributed by atoms with van der Waals surface area (Å²) in [4.78, 5) is 0. The Morgan fingerprint density at radius 3 is 2.00 bits per heavy atom. The van der Waals surface area contributed by atoms with Crippen LogP contribution in [0.2, 0.25) is 5.02 Å². The van der Waals surface area contributed by atoms with E-state index in [9.17, 15) is 0 Å². The van der Waals surface area contributed by atoms with Gasteiger partial charge in [-0.2, -0.15) is 0 Å². The first-order chi connectivity index (χ1) is 10.3. The van der Waals surface area contributed by atoms with Crippen LogP contribution in [0.15, 0.2) is 24.3 Å². The van der Waals surface area contributed by atoms with Crippen molar-refractivity contribution in [2.45, 2.75) is 76.5 Å². The fraction of sp³-hybridized carbons (Fsp3) is 0.700. The summed E-state index contributed by atoms with van der Waals surface area (Å²) in [6.07, 6.45) is 16.0. The molecule has 2 aliphatic carbocycles. The van der Waals surface area contributed by atoms with E-state index in [4.69, 9.17) is 11.6 Å². The molecule has 1 aromatic rings. The third-order valence-corrected chi connectivity index (χ3v) is 6.08. The molecule has 0 heterocycles. The lowest BCUT2D eigenvalue weighted by molar-refractivity contribution is 0.240. The summed E-state index contributed by atoms with van der Waals surface area (Å²) in [5.74, 6) is 2.67. The quantitative estimate of drug-likeness (QED) is 0.563. The number of benzene rings is 1. The minimum Gasteiger partial charge on any atom is -0.0843 e. The Balaban J connectivity index is 1.74. The molecule has 0 radical (unpaired) electrons. The summed E-state index contributed by atoms with van der Waals surface area (Å²) in [6, 6.07) is 8.77. The van der Waals surface area contributed by atoms with Gasteiger partial charge in [-0.25, -0.2) is 0 Å². The van der Waals surface area contributed by atoms with Crippen molar-refractivity contribution in [2.75, 3.05) is 0 Å². The zero-order chi connectivity index (χ0) is 14.5. The van der Waals surface area contributed by atoms with Crippen LogP contribution in [0.1, 0.15) is 82.1 Å². The molecule has 1 atom stereocenters. The zero-order valence-corrected chi connectivity index (χ0v) is 14.0. The van der Waals surface area contributed by atoms with E-state index in [1.54, 1.807) is 5.56 Å². The number of halogens is 1. The van der Waals surface area contributed by atoms with Crippen molar-refractivity contribution in [1.29, 1.82) is 0 Å². The summed E-state index contributed by atoms with van der Waals surface area (Å²) in [5.41, 5.74) is 1.55. The Morgan fingerprint density at radius 2 is 1.38 bits per heavy atom. The summed E-state index contributed by atoms with van der Waals surface area (Å²) in [5, 5.41) is 0.874. The van der Waals surface area contributed by atoms with Gasteiger partial charge in [-0.15, -0.1) is 0 Å². The van der Waals surface area contributed by atoms with Crippen LogP contribution in [0.5, 0.6) is 0 Å². The molecule has 0 nitrogen and oxygen atoms in total. The Morgan fingerprint density at radius 1 is 0.810 bits per heavy atom. The van der Waals surface area contributed by atoms with E-state index in [1.807, 2.05) is 0 Å². The first-order valence-corrected chi connectivity index (χ1v) is 9.46. The van der Waals surface area contributed by atoms with Crippen molar-refractivity contribution >= 4 is 11.6 Å². The first kappa shape index (κ1) is 15.4. The number of hydrogen-bond acceptors (Lipinski definition) is 0. The van der Waals surface area contributed by atoms with Crippen molar-refractivity contribution in [3.8, 4) is 0 Å². The van der Waals surface area contributed by atoms with E-state index in [0.717, 1.165) is 22.8 Å². The fourth-order valence-corrected chi connectivity index (χ4v) is 4.76. The molecule has 116 valence electrons. The lowest BCUT2D eigenvalue weighted by Crippen LogP contribution is -2.20. The van der Waals surface area contributed by atoms with Crippen LogP contribution in [-0.2, 0) is 0 Å². The van der Waals surface area contributed by atoms with Gasteiger partial charge >= 0.3 is 0 Å². The third kappa shape index (κ3) is 4.25. The monoisotopic (exact) mass is 304 g/mol. The van der Waals surface area contributed by atoms with Crippen LogP contribution in [0.3, 0.4) is 0 Å². The van der Waals surface area contributed by atoms with E-state index in [1.165, 1.54) is 70.6 Å². The first-order valence-electron chi connectivity index (χ1n) is 9.08. The van der Waals surface area contributed by atoms with Gasteiger partial charge in [-0.3, -0.25) is 0 Å². The minimum absolute atomic E-state index is 0.783. The normalized spacial score (nSPS) is 23.1. The second kappa shape index (κ2) is 7.68. The highest BCUT2D eigenvalue weighted by atomic mass is 35.5. The molecular weight excluding hydrogens is 276 g/mol. The van der Waals surface area contributed by atoms with Crippen LogP contribution in [0.25, 0.3) is 0 Å². The van der Waals surface area contributed by atoms with Gasteiger partial charge in [-0.1, -0.05) is 75.1 Å². The molecule has 0 aromatic heterocycles. The Labute approximate surface area is 135 Å². The molecule has 1 heteroatoms. The second-order valence-electron chi connectivity index (χ2n) is 7.30. The van der Waals surface area contributed by atoms with Crippen LogP contribution in [-0.4, -0.2) is 0 Å². The molecule has 0 amide bonds. The van der Waals surface area contributed by atoms with Crippen LogP contribution in [0.4, 0.5) is 0 Å². The number of rotatable bonds is 4. The highest BCUT2D eigenvalue weighted by molar-refractivity contribution is 6.30. The molecule has 1 aromatic carbocycles. The zero-order valence-electron chi connectivity index (χ0n) is 13.2. The molecule has 0 spiro atoms. The molecule has 2 fully saturated rings. The highest BCUT2D eigenvalue weighted by Crippen LogP contribution is 2.42. The van der Waals surface area contributed by atoms with Crippen LogP contribution >= 0.6 is 11.6 Å². The van der Waals surface area contributed by atoms with Crippen molar-refractivity contribution < 1.29 is 0 Å². The average Bonchev–Trinajstić information content (AvgIpc) is 2.55. The predicted octanol–water partition coefficient (Wildman–Crippen LogP) is 6.97. The van der Waals surface area contributed by atoms with Gasteiger partial charge in [0.05, 0.1) is 0 Å². The van der Waals surface area contributed by atoms with Crippen molar-refractivity contribution in [3.63, 3.8) is 0 Å². The minimum atomic E-state index is 0.783. The second-order valence-corrected chi connectivity index (χ2v) is 7.73. The topological polar surface area (TPSA) is 0 Å².